The van der Waals surface area contributed by atoms with Gasteiger partial charge in [-0.15, -0.1) is 0 Å². The molecule has 1 atom stereocenters. The van der Waals surface area contributed by atoms with Gasteiger partial charge in [0.2, 0.25) is 0 Å². The maximum Gasteiger partial charge on any atom is 1.00 e. The van der Waals surface area contributed by atoms with Crippen molar-refractivity contribution in [3.63, 3.8) is 0 Å². The molecule has 2 aromatic heterocycles. The number of allylic oxidation sites excluding steroid dienone is 2. The van der Waals surface area contributed by atoms with E-state index in [9.17, 15) is 15.0 Å². The van der Waals surface area contributed by atoms with E-state index >= 15 is 0 Å². The van der Waals surface area contributed by atoms with Gasteiger partial charge in [0.15, 0.2) is 11.9 Å². The number of nitrogens with zero attached hydrogens (tertiary/aromatic N) is 4. The quantitative estimate of drug-likeness (QED) is 0.261. The Morgan fingerprint density at radius 2 is 1.76 bits per heavy atom. The molecule has 2 aliphatic rings. The summed E-state index contributed by atoms with van der Waals surface area (Å²) >= 11 is 0. The van der Waals surface area contributed by atoms with Gasteiger partial charge in [-0.3, -0.25) is 9.36 Å². The van der Waals surface area contributed by atoms with Gasteiger partial charge in [-0.1, -0.05) is 81.0 Å². The number of aryl methyl sites for hydroxylation is 2. The third-order valence-electron chi connectivity index (χ3n) is 8.67. The Kier molecular flexibility index (Phi) is 12.0. The van der Waals surface area contributed by atoms with Crippen LogP contribution in [0.15, 0.2) is 76.1 Å². The molecule has 0 amide bonds. The van der Waals surface area contributed by atoms with Crippen LogP contribution in [-0.2, 0) is 24.0 Å². The summed E-state index contributed by atoms with van der Waals surface area (Å²) in [5.41, 5.74) is 5.92. The van der Waals surface area contributed by atoms with E-state index in [4.69, 9.17) is 9.72 Å². The average Bonchev–Trinajstić information content (AvgIpc) is 3.50. The molecule has 0 saturated heterocycles. The predicted molar refractivity (Wildman–Crippen MR) is 170 cm³/mol. The first-order valence-corrected chi connectivity index (χ1v) is 16.0. The van der Waals surface area contributed by atoms with Crippen molar-refractivity contribution >= 4 is 5.70 Å². The van der Waals surface area contributed by atoms with Crippen LogP contribution in [0.4, 0.5) is 0 Å². The molecule has 2 aliphatic carbocycles. The molecule has 1 unspecified atom stereocenters. The minimum Gasteiger partial charge on any atom is -0.528 e. The molecule has 1 N–H and O–H groups in total. The molecule has 4 aromatic rings. The Labute approximate surface area is 311 Å². The van der Waals surface area contributed by atoms with Gasteiger partial charge in [0, 0.05) is 29.7 Å². The van der Waals surface area contributed by atoms with E-state index in [1.54, 1.807) is 4.57 Å². The van der Waals surface area contributed by atoms with Gasteiger partial charge in [0.05, 0.1) is 24.0 Å². The summed E-state index contributed by atoms with van der Waals surface area (Å²) in [6.07, 6.45) is 12.1. The largest absolute Gasteiger partial charge is 1.00 e. The van der Waals surface area contributed by atoms with Crippen LogP contribution >= 0.6 is 0 Å². The Hall–Kier alpha value is -2.70. The first-order chi connectivity index (χ1) is 21.9. The Morgan fingerprint density at radius 1 is 1.02 bits per heavy atom. The number of benzene rings is 2. The van der Waals surface area contributed by atoms with Crippen molar-refractivity contribution in [2.24, 2.45) is 0 Å². The number of hydrogen-bond acceptors (Lipinski definition) is 8. The van der Waals surface area contributed by atoms with Crippen molar-refractivity contribution < 1.29 is 70.9 Å². The van der Waals surface area contributed by atoms with Crippen LogP contribution in [0.2, 0.25) is 0 Å². The fourth-order valence-electron chi connectivity index (χ4n) is 6.31. The molecule has 9 nitrogen and oxygen atoms in total. The normalized spacial score (nSPS) is 19.5. The summed E-state index contributed by atoms with van der Waals surface area (Å²) in [4.78, 5) is 23.1. The first kappa shape index (κ1) is 34.6. The zero-order valence-corrected chi connectivity index (χ0v) is 29.9. The topological polar surface area (TPSA) is 126 Å². The molecule has 46 heavy (non-hydrogen) atoms. The molecule has 0 radical (unpaired) electrons. The Balaban J connectivity index is 0.00000417. The second kappa shape index (κ2) is 15.9. The van der Waals surface area contributed by atoms with Crippen LogP contribution < -0.4 is 62.1 Å². The van der Waals surface area contributed by atoms with Crippen LogP contribution in [0, 0.1) is 0 Å². The number of aliphatic hydroxyl groups is 1. The van der Waals surface area contributed by atoms with Gasteiger partial charge in [-0.2, -0.15) is 5.16 Å². The molecule has 1 fully saturated rings. The number of aromatic nitrogens is 4. The Morgan fingerprint density at radius 3 is 2.39 bits per heavy atom. The van der Waals surface area contributed by atoms with E-state index in [-0.39, 0.29) is 81.1 Å². The minimum atomic E-state index is -0.722. The second-order valence-corrected chi connectivity index (χ2v) is 11.8. The minimum absolute atomic E-state index is 0. The van der Waals surface area contributed by atoms with Gasteiger partial charge in [-0.25, -0.2) is 9.97 Å². The Bertz CT molecular complexity index is 1750. The van der Waals surface area contributed by atoms with Crippen LogP contribution in [0.1, 0.15) is 75.0 Å². The van der Waals surface area contributed by atoms with E-state index in [1.165, 1.54) is 0 Å². The summed E-state index contributed by atoms with van der Waals surface area (Å²) in [7, 11) is 0. The maximum atomic E-state index is 14.2. The zero-order chi connectivity index (χ0) is 31.3. The smallest absolute Gasteiger partial charge is 0.528 e. The molecule has 0 bridgehead atoms. The number of hydrogen-bond donors (Lipinski definition) is 1. The first-order valence-electron chi connectivity index (χ1n) is 16.0. The molecule has 10 heteroatoms. The van der Waals surface area contributed by atoms with Crippen molar-refractivity contribution in [2.75, 3.05) is 0 Å². The SMILES string of the molecule is CCCc1nc(CC)n(C2=CCC(OC3CCC(O)CC3)C=C2)c(=O)c1Cc1ccc(-c2ccccc2-c2noc([O-])n2)cc1.[K+]. The number of aliphatic hydroxyl groups excluding tert-OH is 1. The predicted octanol–water partition coefficient (Wildman–Crippen LogP) is 2.63. The van der Waals surface area contributed by atoms with Gasteiger partial charge >= 0.3 is 51.4 Å². The van der Waals surface area contributed by atoms with Crippen molar-refractivity contribution in [1.29, 1.82) is 0 Å². The molecule has 2 heterocycles. The number of ether oxygens (including phenoxy) is 1. The zero-order valence-electron chi connectivity index (χ0n) is 26.8. The standard InChI is InChI=1S/C36H40N4O5.K/c1-3-7-32-31(22-23-10-12-24(13-11-23)29-8-5-6-9-30(29)34-38-36(43)45-39-34)35(42)40(33(4-2)37-32)25-14-18-27(19-15-25)44-28-20-16-26(41)17-21-28;/h5-6,8-15,18,26-28,41H,3-4,7,16-17,19-22H2,1-2H3,(H,38,39,43);/q;+1/p-1. The van der Waals surface area contributed by atoms with E-state index in [1.807, 2.05) is 61.5 Å². The van der Waals surface area contributed by atoms with E-state index in [0.717, 1.165) is 72.4 Å². The second-order valence-electron chi connectivity index (χ2n) is 11.8. The van der Waals surface area contributed by atoms with E-state index < -0.39 is 6.08 Å². The molecule has 1 saturated carbocycles. The molecule has 0 aliphatic heterocycles. The van der Waals surface area contributed by atoms with Crippen LogP contribution in [-0.4, -0.2) is 43.1 Å². The van der Waals surface area contributed by atoms with E-state index in [0.29, 0.717) is 30.4 Å². The molecule has 2 aromatic carbocycles. The van der Waals surface area contributed by atoms with Crippen molar-refractivity contribution in [1.82, 2.24) is 19.7 Å². The van der Waals surface area contributed by atoms with Crippen molar-refractivity contribution in [3.05, 3.63) is 99.8 Å². The molecular weight excluding hydrogens is 608 g/mol. The fraction of sp³-hybridized carbons (Fsp3) is 0.389. The monoisotopic (exact) mass is 646 g/mol. The van der Waals surface area contributed by atoms with Crippen molar-refractivity contribution in [3.8, 4) is 28.6 Å². The van der Waals surface area contributed by atoms with Crippen LogP contribution in [0.3, 0.4) is 0 Å². The maximum absolute atomic E-state index is 14.2. The molecular formula is C36H39KN4O5. The van der Waals surface area contributed by atoms with E-state index in [2.05, 4.69) is 33.7 Å². The summed E-state index contributed by atoms with van der Waals surface area (Å²) in [6.45, 7) is 4.14. The molecule has 234 valence electrons. The summed E-state index contributed by atoms with van der Waals surface area (Å²) in [6, 6.07) is 15.7. The van der Waals surface area contributed by atoms with Crippen LogP contribution in [0.25, 0.3) is 28.2 Å². The van der Waals surface area contributed by atoms with Gasteiger partial charge < -0.3 is 19.5 Å². The average molecular weight is 647 g/mol. The van der Waals surface area contributed by atoms with Gasteiger partial charge in [0.25, 0.3) is 5.56 Å². The van der Waals surface area contributed by atoms with Crippen molar-refractivity contribution in [2.45, 2.75) is 89.9 Å². The summed E-state index contributed by atoms with van der Waals surface area (Å²) in [5, 5.41) is 25.1. The third-order valence-corrected chi connectivity index (χ3v) is 8.67. The summed E-state index contributed by atoms with van der Waals surface area (Å²) in [5.74, 6) is 1.02. The molecule has 0 spiro atoms. The van der Waals surface area contributed by atoms with Crippen LogP contribution in [0.5, 0.6) is 6.08 Å². The fourth-order valence-corrected chi connectivity index (χ4v) is 6.31. The van der Waals surface area contributed by atoms with Gasteiger partial charge in [-0.05, 0) is 61.3 Å². The number of rotatable bonds is 10. The summed E-state index contributed by atoms with van der Waals surface area (Å²) < 4.78 is 12.8. The van der Waals surface area contributed by atoms with Gasteiger partial charge in [0.1, 0.15) is 5.82 Å². The third kappa shape index (κ3) is 7.87. The molecule has 6 rings (SSSR count).